The van der Waals surface area contributed by atoms with E-state index in [1.54, 1.807) is 4.90 Å². The number of hydrogen-bond donors (Lipinski definition) is 2. The summed E-state index contributed by atoms with van der Waals surface area (Å²) in [5.74, 6) is -0.463. The molecule has 0 aromatic carbocycles. The van der Waals surface area contributed by atoms with Gasteiger partial charge in [0, 0.05) is 24.5 Å². The fourth-order valence-electron chi connectivity index (χ4n) is 3.71. The Kier molecular flexibility index (Phi) is 4.91. The lowest BCUT2D eigenvalue weighted by molar-refractivity contribution is -0.149. The van der Waals surface area contributed by atoms with Crippen LogP contribution in [0.5, 0.6) is 0 Å². The Hall–Kier alpha value is -1.10. The number of carbonyl (C=O) groups is 2. The van der Waals surface area contributed by atoms with Crippen molar-refractivity contribution in [3.05, 3.63) is 0 Å². The van der Waals surface area contributed by atoms with Crippen LogP contribution in [-0.4, -0.2) is 46.1 Å². The highest BCUT2D eigenvalue weighted by Gasteiger charge is 2.47. The first-order valence-electron chi connectivity index (χ1n) is 8.08. The summed E-state index contributed by atoms with van der Waals surface area (Å²) in [5, 5.41) is 12.7. The highest BCUT2D eigenvalue weighted by Crippen LogP contribution is 2.40. The summed E-state index contributed by atoms with van der Waals surface area (Å²) < 4.78 is 0. The molecule has 3 unspecified atom stereocenters. The molecule has 0 aromatic heterocycles. The van der Waals surface area contributed by atoms with Crippen LogP contribution in [0.1, 0.15) is 59.3 Å². The maximum absolute atomic E-state index is 12.5. The van der Waals surface area contributed by atoms with Crippen molar-refractivity contribution in [2.45, 2.75) is 76.9 Å². The summed E-state index contributed by atoms with van der Waals surface area (Å²) in [7, 11) is 0. The minimum atomic E-state index is -0.846. The van der Waals surface area contributed by atoms with Crippen LogP contribution in [0.3, 0.4) is 0 Å². The number of nitrogens with one attached hydrogen (secondary N) is 1. The van der Waals surface area contributed by atoms with Gasteiger partial charge in [-0.05, 0) is 46.0 Å². The Morgan fingerprint density at radius 3 is 2.52 bits per heavy atom. The highest BCUT2D eigenvalue weighted by molar-refractivity contribution is 5.85. The number of aliphatic carboxylic acids is 1. The minimum absolute atomic E-state index is 0.00597. The maximum atomic E-state index is 12.5. The predicted molar refractivity (Wildman–Crippen MR) is 81.0 cm³/mol. The Morgan fingerprint density at radius 2 is 1.90 bits per heavy atom. The monoisotopic (exact) mass is 296 g/mol. The van der Waals surface area contributed by atoms with Gasteiger partial charge in [0.1, 0.15) is 6.04 Å². The Balaban J connectivity index is 2.00. The quantitative estimate of drug-likeness (QED) is 0.832. The summed E-state index contributed by atoms with van der Waals surface area (Å²) >= 11 is 0. The number of carbonyl (C=O) groups excluding carboxylic acids is 1. The first-order valence-corrected chi connectivity index (χ1v) is 8.08. The maximum Gasteiger partial charge on any atom is 0.326 e. The second-order valence-electron chi connectivity index (χ2n) is 7.43. The number of hydrogen-bond acceptors (Lipinski definition) is 3. The summed E-state index contributed by atoms with van der Waals surface area (Å²) in [6, 6.07) is -0.456. The van der Waals surface area contributed by atoms with Crippen molar-refractivity contribution < 1.29 is 14.7 Å². The third-order valence-corrected chi connectivity index (χ3v) is 4.66. The first-order chi connectivity index (χ1) is 9.79. The van der Waals surface area contributed by atoms with Gasteiger partial charge < -0.3 is 15.3 Å². The van der Waals surface area contributed by atoms with E-state index >= 15 is 0 Å². The molecule has 2 fully saturated rings. The number of rotatable bonds is 4. The molecule has 5 nitrogen and oxygen atoms in total. The average Bonchev–Trinajstić information content (AvgIpc) is 2.76. The zero-order valence-corrected chi connectivity index (χ0v) is 13.4. The highest BCUT2D eigenvalue weighted by atomic mass is 16.4. The summed E-state index contributed by atoms with van der Waals surface area (Å²) in [5.41, 5.74) is -0.0230. The minimum Gasteiger partial charge on any atom is -0.480 e. The largest absolute Gasteiger partial charge is 0.480 e. The molecule has 0 aromatic rings. The molecule has 120 valence electrons. The van der Waals surface area contributed by atoms with Gasteiger partial charge in [0.2, 0.25) is 5.91 Å². The molecule has 5 heteroatoms. The van der Waals surface area contributed by atoms with Gasteiger partial charge in [0.05, 0.1) is 0 Å². The molecule has 0 bridgehead atoms. The van der Waals surface area contributed by atoms with E-state index in [1.807, 2.05) is 0 Å². The molecule has 2 aliphatic rings. The van der Waals surface area contributed by atoms with Crippen LogP contribution in [-0.2, 0) is 9.59 Å². The Bertz CT molecular complexity index is 403. The normalized spacial score (nSPS) is 29.3. The molecule has 1 amide bonds. The summed E-state index contributed by atoms with van der Waals surface area (Å²) in [6.07, 6.45) is 5.33. The van der Waals surface area contributed by atoms with Gasteiger partial charge in [-0.1, -0.05) is 12.8 Å². The van der Waals surface area contributed by atoms with Gasteiger partial charge in [-0.25, -0.2) is 4.79 Å². The molecule has 1 saturated heterocycles. The van der Waals surface area contributed by atoms with E-state index in [0.29, 0.717) is 25.3 Å². The predicted octanol–water partition coefficient (Wildman–Crippen LogP) is 2.01. The molecule has 21 heavy (non-hydrogen) atoms. The van der Waals surface area contributed by atoms with E-state index in [1.165, 1.54) is 6.42 Å². The number of likely N-dealkylation sites (tertiary alicyclic amines) is 1. The van der Waals surface area contributed by atoms with Crippen molar-refractivity contribution in [3.63, 3.8) is 0 Å². The number of fused-ring (bicyclic) bond motifs is 1. The summed E-state index contributed by atoms with van der Waals surface area (Å²) in [6.45, 7) is 6.78. The molecule has 1 saturated carbocycles. The first kappa shape index (κ1) is 16.3. The zero-order valence-electron chi connectivity index (χ0n) is 13.4. The third kappa shape index (κ3) is 3.96. The fourth-order valence-corrected chi connectivity index (χ4v) is 3.71. The van der Waals surface area contributed by atoms with Crippen molar-refractivity contribution in [3.8, 4) is 0 Å². The van der Waals surface area contributed by atoms with E-state index in [0.717, 1.165) is 19.3 Å². The number of nitrogens with zero attached hydrogens (tertiary/aromatic N) is 1. The number of carboxylic acid groups (broad SMARTS) is 1. The average molecular weight is 296 g/mol. The molecular formula is C16H28N2O3. The van der Waals surface area contributed by atoms with Crippen LogP contribution in [0, 0.1) is 5.92 Å². The Labute approximate surface area is 127 Å². The van der Waals surface area contributed by atoms with Crippen molar-refractivity contribution >= 4 is 11.9 Å². The van der Waals surface area contributed by atoms with Crippen LogP contribution in [0.2, 0.25) is 0 Å². The zero-order chi connectivity index (χ0) is 15.6. The molecule has 1 heterocycles. The lowest BCUT2D eigenvalue weighted by Crippen LogP contribution is -2.47. The standard InChI is InChI=1S/C16H28N2O3/c1-16(2,3)17-9-8-14(19)18-12-7-5-4-6-11(12)10-13(18)15(20)21/h11-13,17H,4-10H2,1-3H3,(H,20,21). The molecular weight excluding hydrogens is 268 g/mol. The van der Waals surface area contributed by atoms with Crippen molar-refractivity contribution in [1.82, 2.24) is 10.2 Å². The molecule has 2 rings (SSSR count). The lowest BCUT2D eigenvalue weighted by Gasteiger charge is -2.33. The van der Waals surface area contributed by atoms with Crippen molar-refractivity contribution in [1.29, 1.82) is 0 Å². The molecule has 1 aliphatic heterocycles. The van der Waals surface area contributed by atoms with Gasteiger partial charge in [0.25, 0.3) is 0 Å². The molecule has 3 atom stereocenters. The molecule has 2 N–H and O–H groups in total. The van der Waals surface area contributed by atoms with Gasteiger partial charge >= 0.3 is 5.97 Å². The fraction of sp³-hybridized carbons (Fsp3) is 0.875. The SMILES string of the molecule is CC(C)(C)NCCC(=O)N1C(C(=O)O)CC2CCCCC21. The third-order valence-electron chi connectivity index (χ3n) is 4.66. The van der Waals surface area contributed by atoms with Gasteiger partial charge in [0.15, 0.2) is 0 Å². The van der Waals surface area contributed by atoms with E-state index in [-0.39, 0.29) is 17.5 Å². The van der Waals surface area contributed by atoms with Crippen LogP contribution in [0.25, 0.3) is 0 Å². The van der Waals surface area contributed by atoms with Crippen molar-refractivity contribution in [2.75, 3.05) is 6.54 Å². The van der Waals surface area contributed by atoms with Gasteiger partial charge in [-0.15, -0.1) is 0 Å². The smallest absolute Gasteiger partial charge is 0.326 e. The Morgan fingerprint density at radius 1 is 1.24 bits per heavy atom. The summed E-state index contributed by atoms with van der Waals surface area (Å²) in [4.78, 5) is 25.7. The number of amides is 1. The van der Waals surface area contributed by atoms with Crippen LogP contribution in [0.15, 0.2) is 0 Å². The lowest BCUT2D eigenvalue weighted by atomic mass is 9.84. The van der Waals surface area contributed by atoms with Crippen LogP contribution < -0.4 is 5.32 Å². The van der Waals surface area contributed by atoms with E-state index in [4.69, 9.17) is 0 Å². The van der Waals surface area contributed by atoms with Crippen molar-refractivity contribution in [2.24, 2.45) is 5.92 Å². The van der Waals surface area contributed by atoms with Gasteiger partial charge in [-0.3, -0.25) is 4.79 Å². The number of carboxylic acids is 1. The molecule has 0 spiro atoms. The van der Waals surface area contributed by atoms with Crippen LogP contribution >= 0.6 is 0 Å². The van der Waals surface area contributed by atoms with E-state index in [2.05, 4.69) is 26.1 Å². The second-order valence-corrected chi connectivity index (χ2v) is 7.43. The topological polar surface area (TPSA) is 69.6 Å². The molecule has 0 radical (unpaired) electrons. The van der Waals surface area contributed by atoms with E-state index in [9.17, 15) is 14.7 Å². The van der Waals surface area contributed by atoms with Crippen LogP contribution in [0.4, 0.5) is 0 Å². The van der Waals surface area contributed by atoms with E-state index < -0.39 is 12.0 Å². The second kappa shape index (κ2) is 6.34. The molecule has 1 aliphatic carbocycles. The van der Waals surface area contributed by atoms with Gasteiger partial charge in [-0.2, -0.15) is 0 Å².